The minimum atomic E-state index is -0.218. The van der Waals surface area contributed by atoms with Gasteiger partial charge in [0.05, 0.1) is 28.7 Å². The number of para-hydroxylation sites is 1. The molecule has 2 N–H and O–H groups in total. The molecule has 10 heteroatoms. The molecular weight excluding hydrogens is 626 g/mol. The predicted octanol–water partition coefficient (Wildman–Crippen LogP) is 6.18. The number of hydrogen-bond acceptors (Lipinski definition) is 6. The highest BCUT2D eigenvalue weighted by Gasteiger charge is 2.29. The minimum Gasteiger partial charge on any atom is -0.479 e. The van der Waals surface area contributed by atoms with Crippen LogP contribution >= 0.6 is 11.6 Å². The molecule has 0 saturated carbocycles. The highest BCUT2D eigenvalue weighted by Crippen LogP contribution is 2.41. The summed E-state index contributed by atoms with van der Waals surface area (Å²) in [4.78, 5) is 45.1. The number of pyridine rings is 1. The molecular formula is C38H36ClN5O4. The monoisotopic (exact) mass is 661 g/mol. The third-order valence-electron chi connectivity index (χ3n) is 9.09. The van der Waals surface area contributed by atoms with Crippen molar-refractivity contribution in [3.63, 3.8) is 0 Å². The van der Waals surface area contributed by atoms with E-state index >= 15 is 0 Å². The number of nitrogens with one attached hydrogen (secondary N) is 2. The zero-order valence-electron chi connectivity index (χ0n) is 26.6. The lowest BCUT2D eigenvalue weighted by molar-refractivity contribution is -0.118. The first-order valence-electron chi connectivity index (χ1n) is 16.2. The maximum absolute atomic E-state index is 14.5. The first-order chi connectivity index (χ1) is 23.4. The molecule has 1 saturated heterocycles. The molecule has 2 aliphatic heterocycles. The molecule has 2 amide bonds. The zero-order chi connectivity index (χ0) is 33.2. The quantitative estimate of drug-likeness (QED) is 0.206. The van der Waals surface area contributed by atoms with Gasteiger partial charge in [0.25, 0.3) is 17.4 Å². The Kier molecular flexibility index (Phi) is 8.88. The van der Waals surface area contributed by atoms with Gasteiger partial charge in [-0.05, 0) is 42.3 Å². The third-order valence-corrected chi connectivity index (χ3v) is 9.31. The Morgan fingerprint density at radius 3 is 2.27 bits per heavy atom. The lowest BCUT2D eigenvalue weighted by Gasteiger charge is -2.38. The number of halogens is 1. The Balaban J connectivity index is 1.26. The third kappa shape index (κ3) is 6.14. The van der Waals surface area contributed by atoms with Gasteiger partial charge in [0.2, 0.25) is 0 Å². The van der Waals surface area contributed by atoms with Crippen LogP contribution < -0.4 is 25.8 Å². The van der Waals surface area contributed by atoms with Gasteiger partial charge in [-0.3, -0.25) is 23.9 Å². The van der Waals surface area contributed by atoms with Crippen molar-refractivity contribution >= 4 is 45.6 Å². The molecule has 9 nitrogen and oxygen atoms in total. The van der Waals surface area contributed by atoms with Crippen molar-refractivity contribution in [3.8, 4) is 11.4 Å². The molecule has 0 spiro atoms. The number of anilines is 2. The van der Waals surface area contributed by atoms with Gasteiger partial charge in [-0.1, -0.05) is 85.3 Å². The standard InChI is InChI=1S/C38H36ClN5O4/c1-2-30(25-11-5-3-6-12-25)41-37(46)35-28-15-9-10-16-29(28)38(47)44(27-13-7-4-8-14-27)33(35)23-42-17-19-43(20-18-42)32-22-26(39)21-31-36(32)48-24-34(45)40-31/h3-16,21-22,30H,2,17-20,23-24H2,1H3,(H,40,45)(H,41,46)/t30-/m0/s1. The van der Waals surface area contributed by atoms with Crippen molar-refractivity contribution in [1.29, 1.82) is 0 Å². The molecule has 2 aliphatic rings. The number of amides is 2. The number of carbonyl (C=O) groups is 2. The topological polar surface area (TPSA) is 95.9 Å². The SMILES string of the molecule is CC[C@H](NC(=O)c1c(CN2CCN(c3cc(Cl)cc4c3OCC(=O)N4)CC2)n(-c2ccccc2)c(=O)c2ccccc12)c1ccccc1. The normalized spacial score (nSPS) is 15.4. The maximum atomic E-state index is 14.5. The van der Waals surface area contributed by atoms with Gasteiger partial charge >= 0.3 is 0 Å². The average molecular weight is 662 g/mol. The fourth-order valence-corrected chi connectivity index (χ4v) is 6.94. The van der Waals surface area contributed by atoms with Crippen LogP contribution in [0, 0.1) is 0 Å². The Bertz CT molecular complexity index is 2040. The summed E-state index contributed by atoms with van der Waals surface area (Å²) in [6.07, 6.45) is 0.712. The van der Waals surface area contributed by atoms with Crippen LogP contribution in [0.4, 0.5) is 11.4 Å². The van der Waals surface area contributed by atoms with Gasteiger partial charge in [0.1, 0.15) is 0 Å². The molecule has 1 aromatic heterocycles. The van der Waals surface area contributed by atoms with Crippen molar-refractivity contribution < 1.29 is 14.3 Å². The smallest absolute Gasteiger partial charge is 0.263 e. The van der Waals surface area contributed by atoms with Crippen molar-refractivity contribution in [1.82, 2.24) is 14.8 Å². The van der Waals surface area contributed by atoms with E-state index in [1.54, 1.807) is 16.7 Å². The van der Waals surface area contributed by atoms with E-state index in [0.29, 0.717) is 83.3 Å². The fraction of sp³-hybridized carbons (Fsp3) is 0.237. The summed E-state index contributed by atoms with van der Waals surface area (Å²) >= 11 is 6.44. The van der Waals surface area contributed by atoms with Crippen LogP contribution in [0.25, 0.3) is 16.5 Å². The van der Waals surface area contributed by atoms with Crippen LogP contribution in [0.2, 0.25) is 5.02 Å². The Hall–Kier alpha value is -5.12. The number of aromatic nitrogens is 1. The zero-order valence-corrected chi connectivity index (χ0v) is 27.4. The molecule has 3 heterocycles. The Morgan fingerprint density at radius 2 is 1.56 bits per heavy atom. The summed E-state index contributed by atoms with van der Waals surface area (Å²) in [5.74, 6) is 0.182. The van der Waals surface area contributed by atoms with Crippen molar-refractivity contribution in [2.45, 2.75) is 25.9 Å². The van der Waals surface area contributed by atoms with Crippen molar-refractivity contribution in [2.24, 2.45) is 0 Å². The molecule has 0 unspecified atom stereocenters. The first kappa shape index (κ1) is 31.5. The molecule has 48 heavy (non-hydrogen) atoms. The van der Waals surface area contributed by atoms with Crippen LogP contribution in [0.1, 0.15) is 41.0 Å². The van der Waals surface area contributed by atoms with E-state index in [4.69, 9.17) is 16.3 Å². The van der Waals surface area contributed by atoms with E-state index in [9.17, 15) is 14.4 Å². The molecule has 7 rings (SSSR count). The largest absolute Gasteiger partial charge is 0.479 e. The second-order valence-corrected chi connectivity index (χ2v) is 12.5. The summed E-state index contributed by atoms with van der Waals surface area (Å²) in [6, 6.07) is 30.2. The number of carbonyl (C=O) groups excluding carboxylic acids is 2. The molecule has 244 valence electrons. The van der Waals surface area contributed by atoms with Gasteiger partial charge in [-0.25, -0.2) is 0 Å². The molecule has 1 atom stereocenters. The molecule has 0 radical (unpaired) electrons. The average Bonchev–Trinajstić information content (AvgIpc) is 3.11. The number of ether oxygens (including phenoxy) is 1. The number of fused-ring (bicyclic) bond motifs is 2. The molecule has 5 aromatic rings. The maximum Gasteiger partial charge on any atom is 0.263 e. The van der Waals surface area contributed by atoms with Crippen LogP contribution in [-0.4, -0.2) is 54.1 Å². The van der Waals surface area contributed by atoms with Gasteiger partial charge in [-0.2, -0.15) is 0 Å². The van der Waals surface area contributed by atoms with Crippen LogP contribution in [0.5, 0.6) is 5.75 Å². The summed E-state index contributed by atoms with van der Waals surface area (Å²) < 4.78 is 7.53. The predicted molar refractivity (Wildman–Crippen MR) is 190 cm³/mol. The molecule has 1 fully saturated rings. The lowest BCUT2D eigenvalue weighted by Crippen LogP contribution is -2.47. The summed E-state index contributed by atoms with van der Waals surface area (Å²) in [7, 11) is 0. The molecule has 0 bridgehead atoms. The number of nitrogens with zero attached hydrogens (tertiary/aromatic N) is 3. The minimum absolute atomic E-state index is 0.0470. The first-order valence-corrected chi connectivity index (χ1v) is 16.6. The number of rotatable bonds is 8. The highest BCUT2D eigenvalue weighted by molar-refractivity contribution is 6.31. The van der Waals surface area contributed by atoms with Crippen LogP contribution in [0.15, 0.2) is 102 Å². The van der Waals surface area contributed by atoms with Crippen molar-refractivity contribution in [3.05, 3.63) is 129 Å². The van der Waals surface area contributed by atoms with E-state index in [0.717, 1.165) is 11.3 Å². The van der Waals surface area contributed by atoms with E-state index in [1.165, 1.54) is 0 Å². The fourth-order valence-electron chi connectivity index (χ4n) is 6.73. The lowest BCUT2D eigenvalue weighted by atomic mass is 9.99. The van der Waals surface area contributed by atoms with Crippen molar-refractivity contribution in [2.75, 3.05) is 43.0 Å². The van der Waals surface area contributed by atoms with E-state index in [2.05, 4.69) is 27.4 Å². The van der Waals surface area contributed by atoms with E-state index < -0.39 is 0 Å². The van der Waals surface area contributed by atoms with Gasteiger partial charge < -0.3 is 20.3 Å². The number of hydrogen-bond donors (Lipinski definition) is 2. The molecule has 0 aliphatic carbocycles. The molecule has 4 aromatic carbocycles. The second kappa shape index (κ2) is 13.5. The second-order valence-electron chi connectivity index (χ2n) is 12.1. The highest BCUT2D eigenvalue weighted by atomic mass is 35.5. The number of piperazine rings is 1. The van der Waals surface area contributed by atoms with Gasteiger partial charge in [0.15, 0.2) is 12.4 Å². The summed E-state index contributed by atoms with van der Waals surface area (Å²) in [5.41, 5.74) is 4.10. The van der Waals surface area contributed by atoms with E-state index in [1.807, 2.05) is 84.9 Å². The summed E-state index contributed by atoms with van der Waals surface area (Å²) in [5, 5.41) is 7.78. The van der Waals surface area contributed by atoms with E-state index in [-0.39, 0.29) is 30.0 Å². The number of benzene rings is 4. The van der Waals surface area contributed by atoms with Gasteiger partial charge in [0, 0.05) is 54.2 Å². The van der Waals surface area contributed by atoms with Crippen LogP contribution in [-0.2, 0) is 11.3 Å². The van der Waals surface area contributed by atoms with Crippen LogP contribution in [0.3, 0.4) is 0 Å². The Labute approximate surface area is 283 Å². The van der Waals surface area contributed by atoms with Gasteiger partial charge in [-0.15, -0.1) is 0 Å². The Morgan fingerprint density at radius 1 is 0.896 bits per heavy atom. The summed E-state index contributed by atoms with van der Waals surface area (Å²) in [6.45, 7) is 5.01.